The molecule has 0 bridgehead atoms. The largest absolute Gasteiger partial charge is 0.492 e. The van der Waals surface area contributed by atoms with Crippen molar-refractivity contribution in [2.45, 2.75) is 0 Å². The molecule has 0 saturated heterocycles. The Labute approximate surface area is 87.9 Å². The van der Waals surface area contributed by atoms with Crippen LogP contribution in [-0.4, -0.2) is 18.1 Å². The van der Waals surface area contributed by atoms with Crippen molar-refractivity contribution in [1.29, 1.82) is 0 Å². The van der Waals surface area contributed by atoms with Crippen molar-refractivity contribution >= 4 is 16.7 Å². The molecule has 1 heterocycles. The van der Waals surface area contributed by atoms with E-state index in [0.29, 0.717) is 19.0 Å². The Morgan fingerprint density at radius 3 is 2.80 bits per heavy atom. The minimum atomic E-state index is 0.502. The second-order valence-electron chi connectivity index (χ2n) is 3.23. The van der Waals surface area contributed by atoms with Crippen LogP contribution in [0, 0.1) is 0 Å². The summed E-state index contributed by atoms with van der Waals surface area (Å²) in [5, 5.41) is 1.05. The summed E-state index contributed by atoms with van der Waals surface area (Å²) in [6, 6.07) is 9.43. The van der Waals surface area contributed by atoms with Crippen LogP contribution >= 0.6 is 0 Å². The lowest BCUT2D eigenvalue weighted by atomic mass is 10.2. The monoisotopic (exact) mass is 203 g/mol. The van der Waals surface area contributed by atoms with Crippen molar-refractivity contribution in [3.63, 3.8) is 0 Å². The molecule has 0 unspecified atom stereocenters. The van der Waals surface area contributed by atoms with Gasteiger partial charge in [-0.3, -0.25) is 0 Å². The number of nitrogen functional groups attached to an aromatic ring is 1. The molecule has 15 heavy (non-hydrogen) atoms. The number of nitrogens with zero attached hydrogens (tertiary/aromatic N) is 1. The Morgan fingerprint density at radius 1 is 1.20 bits per heavy atom. The smallest absolute Gasteiger partial charge is 0.124 e. The van der Waals surface area contributed by atoms with Crippen LogP contribution in [0.4, 0.5) is 5.82 Å². The Balaban J connectivity index is 2.36. The van der Waals surface area contributed by atoms with Crippen molar-refractivity contribution in [3.8, 4) is 5.75 Å². The van der Waals surface area contributed by atoms with E-state index in [1.807, 2.05) is 24.3 Å². The highest BCUT2D eigenvalue weighted by Crippen LogP contribution is 2.20. The number of hydrogen-bond acceptors (Lipinski definition) is 4. The summed E-state index contributed by atoms with van der Waals surface area (Å²) in [5.41, 5.74) is 11.8. The fourth-order valence-electron chi connectivity index (χ4n) is 1.38. The maximum absolute atomic E-state index is 5.60. The molecule has 0 spiro atoms. The van der Waals surface area contributed by atoms with E-state index >= 15 is 0 Å². The van der Waals surface area contributed by atoms with Crippen LogP contribution in [0.5, 0.6) is 5.75 Å². The summed E-state index contributed by atoms with van der Waals surface area (Å²) in [6.45, 7) is 1.01. The van der Waals surface area contributed by atoms with Crippen molar-refractivity contribution in [2.75, 3.05) is 18.9 Å². The molecule has 4 heteroatoms. The average molecular weight is 203 g/mol. The molecule has 2 rings (SSSR count). The van der Waals surface area contributed by atoms with E-state index in [9.17, 15) is 0 Å². The van der Waals surface area contributed by atoms with Gasteiger partial charge in [0.15, 0.2) is 0 Å². The zero-order valence-electron chi connectivity index (χ0n) is 8.31. The quantitative estimate of drug-likeness (QED) is 0.784. The molecule has 1 aromatic carbocycles. The minimum Gasteiger partial charge on any atom is -0.492 e. The Hall–Kier alpha value is -1.81. The number of aromatic nitrogens is 1. The fraction of sp³-hybridized carbons (Fsp3) is 0.182. The second-order valence-corrected chi connectivity index (χ2v) is 3.23. The van der Waals surface area contributed by atoms with Gasteiger partial charge < -0.3 is 16.2 Å². The van der Waals surface area contributed by atoms with Gasteiger partial charge in [-0.25, -0.2) is 4.98 Å². The van der Waals surface area contributed by atoms with Crippen LogP contribution in [0.3, 0.4) is 0 Å². The molecule has 0 aliphatic heterocycles. The molecule has 0 fully saturated rings. The summed E-state index contributed by atoms with van der Waals surface area (Å²) >= 11 is 0. The van der Waals surface area contributed by atoms with Gasteiger partial charge in [0, 0.05) is 18.0 Å². The Morgan fingerprint density at radius 2 is 2.00 bits per heavy atom. The molecule has 4 N–H and O–H groups in total. The van der Waals surface area contributed by atoms with Gasteiger partial charge >= 0.3 is 0 Å². The van der Waals surface area contributed by atoms with E-state index in [1.54, 1.807) is 6.07 Å². The maximum atomic E-state index is 5.60. The van der Waals surface area contributed by atoms with E-state index in [2.05, 4.69) is 4.98 Å². The van der Waals surface area contributed by atoms with E-state index in [4.69, 9.17) is 16.2 Å². The number of benzene rings is 1. The van der Waals surface area contributed by atoms with Gasteiger partial charge in [0.05, 0.1) is 5.52 Å². The van der Waals surface area contributed by atoms with Crippen molar-refractivity contribution in [1.82, 2.24) is 4.98 Å². The number of nitrogens with two attached hydrogens (primary N) is 2. The number of ether oxygens (including phenoxy) is 1. The topological polar surface area (TPSA) is 74.2 Å². The maximum Gasteiger partial charge on any atom is 0.124 e. The first kappa shape index (κ1) is 9.73. The molecule has 1 aromatic heterocycles. The molecule has 0 aliphatic carbocycles. The first-order valence-electron chi connectivity index (χ1n) is 4.79. The highest BCUT2D eigenvalue weighted by molar-refractivity contribution is 5.81. The van der Waals surface area contributed by atoms with Crippen LogP contribution in [0.1, 0.15) is 0 Å². The van der Waals surface area contributed by atoms with Gasteiger partial charge in [-0.05, 0) is 24.3 Å². The molecule has 0 saturated carbocycles. The average Bonchev–Trinajstić information content (AvgIpc) is 2.25. The standard InChI is InChI=1S/C11H13N3O/c12-5-6-15-9-3-1-8-2-4-11(13)14-10(8)7-9/h1-4,7H,5-6,12H2,(H2,13,14). The third kappa shape index (κ3) is 2.16. The van der Waals surface area contributed by atoms with Crippen molar-refractivity contribution < 1.29 is 4.74 Å². The molecule has 78 valence electrons. The van der Waals surface area contributed by atoms with Crippen LogP contribution in [0.15, 0.2) is 30.3 Å². The van der Waals surface area contributed by atoms with Gasteiger partial charge in [0.1, 0.15) is 18.2 Å². The summed E-state index contributed by atoms with van der Waals surface area (Å²) in [7, 11) is 0. The zero-order valence-corrected chi connectivity index (χ0v) is 8.31. The van der Waals surface area contributed by atoms with Gasteiger partial charge in [-0.1, -0.05) is 0 Å². The normalized spacial score (nSPS) is 10.5. The summed E-state index contributed by atoms with van der Waals surface area (Å²) in [5.74, 6) is 1.28. The summed E-state index contributed by atoms with van der Waals surface area (Å²) < 4.78 is 5.40. The molecule has 2 aromatic rings. The SMILES string of the molecule is NCCOc1ccc2ccc(N)nc2c1. The lowest BCUT2D eigenvalue weighted by Gasteiger charge is -2.05. The van der Waals surface area contributed by atoms with E-state index in [0.717, 1.165) is 16.7 Å². The molecular weight excluding hydrogens is 190 g/mol. The van der Waals surface area contributed by atoms with E-state index < -0.39 is 0 Å². The first-order valence-corrected chi connectivity index (χ1v) is 4.79. The lowest BCUT2D eigenvalue weighted by Crippen LogP contribution is -2.10. The number of hydrogen-bond donors (Lipinski definition) is 2. The fourth-order valence-corrected chi connectivity index (χ4v) is 1.38. The minimum absolute atomic E-state index is 0.502. The van der Waals surface area contributed by atoms with E-state index in [1.165, 1.54) is 0 Å². The highest BCUT2D eigenvalue weighted by atomic mass is 16.5. The van der Waals surface area contributed by atoms with Crippen LogP contribution < -0.4 is 16.2 Å². The third-order valence-corrected chi connectivity index (χ3v) is 2.07. The molecule has 0 atom stereocenters. The van der Waals surface area contributed by atoms with Crippen LogP contribution in [-0.2, 0) is 0 Å². The second kappa shape index (κ2) is 4.14. The van der Waals surface area contributed by atoms with E-state index in [-0.39, 0.29) is 0 Å². The molecular formula is C11H13N3O. The molecule has 0 aliphatic rings. The van der Waals surface area contributed by atoms with Gasteiger partial charge in [-0.2, -0.15) is 0 Å². The molecule has 0 radical (unpaired) electrons. The summed E-state index contributed by atoms with van der Waals surface area (Å²) in [4.78, 5) is 4.21. The Bertz CT molecular complexity index is 470. The number of fused-ring (bicyclic) bond motifs is 1. The third-order valence-electron chi connectivity index (χ3n) is 2.07. The first-order chi connectivity index (χ1) is 7.29. The number of rotatable bonds is 3. The summed E-state index contributed by atoms with van der Waals surface area (Å²) in [6.07, 6.45) is 0. The lowest BCUT2D eigenvalue weighted by molar-refractivity contribution is 0.328. The van der Waals surface area contributed by atoms with Crippen LogP contribution in [0.25, 0.3) is 10.9 Å². The van der Waals surface area contributed by atoms with Crippen molar-refractivity contribution in [2.24, 2.45) is 5.73 Å². The van der Waals surface area contributed by atoms with Gasteiger partial charge in [0.2, 0.25) is 0 Å². The number of anilines is 1. The van der Waals surface area contributed by atoms with Crippen LogP contribution in [0.2, 0.25) is 0 Å². The number of pyridine rings is 1. The predicted molar refractivity (Wildman–Crippen MR) is 60.7 cm³/mol. The highest BCUT2D eigenvalue weighted by Gasteiger charge is 1.98. The van der Waals surface area contributed by atoms with Crippen molar-refractivity contribution in [3.05, 3.63) is 30.3 Å². The zero-order chi connectivity index (χ0) is 10.7. The Kier molecular flexibility index (Phi) is 2.69. The molecule has 4 nitrogen and oxygen atoms in total. The predicted octanol–water partition coefficient (Wildman–Crippen LogP) is 1.15. The molecule has 0 amide bonds. The van der Waals surface area contributed by atoms with Gasteiger partial charge in [-0.15, -0.1) is 0 Å². The van der Waals surface area contributed by atoms with Gasteiger partial charge in [0.25, 0.3) is 0 Å².